The van der Waals surface area contributed by atoms with Crippen LogP contribution in [0.3, 0.4) is 0 Å². The lowest BCUT2D eigenvalue weighted by molar-refractivity contribution is -0.116. The number of amides is 1. The van der Waals surface area contributed by atoms with E-state index in [2.05, 4.69) is 5.32 Å². The highest BCUT2D eigenvalue weighted by Gasteiger charge is 2.22. The van der Waals surface area contributed by atoms with Crippen molar-refractivity contribution in [1.29, 1.82) is 0 Å². The number of ether oxygens (including phenoxy) is 1. The van der Waals surface area contributed by atoms with Crippen molar-refractivity contribution in [1.82, 2.24) is 5.32 Å². The number of aliphatic hydroxyl groups is 1. The summed E-state index contributed by atoms with van der Waals surface area (Å²) in [5, 5.41) is 12.3. The molecule has 4 nitrogen and oxygen atoms in total. The van der Waals surface area contributed by atoms with Crippen molar-refractivity contribution in [2.75, 3.05) is 13.7 Å². The standard InChI is InChI=1S/C16H21NO3/c1-20-15-4-2-3-12(10-15)6-8-16(19)17-11-13-5-7-14(18)9-13/h2-4,6,8,10,13-14,18H,5,7,9,11H2,1H3,(H,17,19)/b8-6+. The molecule has 1 aliphatic rings. The molecule has 20 heavy (non-hydrogen) atoms. The van der Waals surface area contributed by atoms with Gasteiger partial charge in [0.05, 0.1) is 13.2 Å². The zero-order chi connectivity index (χ0) is 14.4. The van der Waals surface area contributed by atoms with E-state index in [4.69, 9.17) is 4.74 Å². The van der Waals surface area contributed by atoms with Gasteiger partial charge in [-0.25, -0.2) is 0 Å². The number of aliphatic hydroxyl groups excluding tert-OH is 1. The molecular weight excluding hydrogens is 254 g/mol. The predicted octanol–water partition coefficient (Wildman–Crippen LogP) is 1.99. The van der Waals surface area contributed by atoms with Crippen LogP contribution in [0.2, 0.25) is 0 Å². The molecular formula is C16H21NO3. The minimum Gasteiger partial charge on any atom is -0.497 e. The maximum Gasteiger partial charge on any atom is 0.244 e. The van der Waals surface area contributed by atoms with Gasteiger partial charge in [0, 0.05) is 12.6 Å². The van der Waals surface area contributed by atoms with Gasteiger partial charge in [-0.15, -0.1) is 0 Å². The average molecular weight is 275 g/mol. The van der Waals surface area contributed by atoms with Gasteiger partial charge >= 0.3 is 0 Å². The maximum absolute atomic E-state index is 11.7. The van der Waals surface area contributed by atoms with Crippen molar-refractivity contribution in [3.05, 3.63) is 35.9 Å². The maximum atomic E-state index is 11.7. The average Bonchev–Trinajstić information content (AvgIpc) is 2.89. The van der Waals surface area contributed by atoms with E-state index in [1.54, 1.807) is 13.2 Å². The lowest BCUT2D eigenvalue weighted by Gasteiger charge is -2.09. The van der Waals surface area contributed by atoms with Crippen LogP contribution in [-0.2, 0) is 4.79 Å². The quantitative estimate of drug-likeness (QED) is 0.808. The first kappa shape index (κ1) is 14.6. The van der Waals surface area contributed by atoms with Crippen molar-refractivity contribution >= 4 is 12.0 Å². The molecule has 2 rings (SSSR count). The molecule has 1 aromatic carbocycles. The third-order valence-corrected chi connectivity index (χ3v) is 3.60. The highest BCUT2D eigenvalue weighted by Crippen LogP contribution is 2.24. The lowest BCUT2D eigenvalue weighted by atomic mass is 10.1. The molecule has 0 aromatic heterocycles. The second-order valence-corrected chi connectivity index (χ2v) is 5.19. The molecule has 1 fully saturated rings. The van der Waals surface area contributed by atoms with Crippen molar-refractivity contribution in [3.63, 3.8) is 0 Å². The molecule has 0 radical (unpaired) electrons. The van der Waals surface area contributed by atoms with E-state index in [1.807, 2.05) is 24.3 Å². The van der Waals surface area contributed by atoms with Gasteiger partial charge in [0.25, 0.3) is 0 Å². The molecule has 1 aromatic rings. The molecule has 2 N–H and O–H groups in total. The minimum atomic E-state index is -0.191. The van der Waals surface area contributed by atoms with Gasteiger partial charge in [-0.3, -0.25) is 4.79 Å². The van der Waals surface area contributed by atoms with E-state index in [0.717, 1.165) is 30.6 Å². The minimum absolute atomic E-state index is 0.103. The van der Waals surface area contributed by atoms with Gasteiger partial charge in [-0.1, -0.05) is 12.1 Å². The summed E-state index contributed by atoms with van der Waals surface area (Å²) < 4.78 is 5.13. The van der Waals surface area contributed by atoms with Gasteiger partial charge in [-0.2, -0.15) is 0 Å². The largest absolute Gasteiger partial charge is 0.497 e. The van der Waals surface area contributed by atoms with Crippen molar-refractivity contribution in [2.24, 2.45) is 5.92 Å². The van der Waals surface area contributed by atoms with Gasteiger partial charge in [0.2, 0.25) is 5.91 Å². The van der Waals surface area contributed by atoms with Gasteiger partial charge in [0.15, 0.2) is 0 Å². The second-order valence-electron chi connectivity index (χ2n) is 5.19. The Bertz CT molecular complexity index is 484. The molecule has 0 bridgehead atoms. The van der Waals surface area contributed by atoms with Crippen LogP contribution in [0.15, 0.2) is 30.3 Å². The molecule has 4 heteroatoms. The zero-order valence-electron chi connectivity index (χ0n) is 11.7. The number of methoxy groups -OCH3 is 1. The molecule has 2 atom stereocenters. The number of benzene rings is 1. The van der Waals surface area contributed by atoms with Gasteiger partial charge in [-0.05, 0) is 49.0 Å². The van der Waals surface area contributed by atoms with E-state index >= 15 is 0 Å². The van der Waals surface area contributed by atoms with Crippen LogP contribution >= 0.6 is 0 Å². The van der Waals surface area contributed by atoms with Crippen LogP contribution in [0.5, 0.6) is 5.75 Å². The number of hydrogen-bond acceptors (Lipinski definition) is 3. The molecule has 0 heterocycles. The highest BCUT2D eigenvalue weighted by atomic mass is 16.5. The van der Waals surface area contributed by atoms with Crippen LogP contribution < -0.4 is 10.1 Å². The van der Waals surface area contributed by atoms with Crippen LogP contribution in [0, 0.1) is 5.92 Å². The Labute approximate surface area is 119 Å². The van der Waals surface area contributed by atoms with Crippen molar-refractivity contribution < 1.29 is 14.6 Å². The summed E-state index contributed by atoms with van der Waals surface area (Å²) in [6, 6.07) is 7.54. The summed E-state index contributed by atoms with van der Waals surface area (Å²) in [7, 11) is 1.62. The fourth-order valence-corrected chi connectivity index (χ4v) is 2.45. The molecule has 0 aliphatic heterocycles. The van der Waals surface area contributed by atoms with E-state index < -0.39 is 0 Å². The summed E-state index contributed by atoms with van der Waals surface area (Å²) in [6.45, 7) is 0.637. The highest BCUT2D eigenvalue weighted by molar-refractivity contribution is 5.91. The molecule has 1 aliphatic carbocycles. The smallest absolute Gasteiger partial charge is 0.244 e. The lowest BCUT2D eigenvalue weighted by Crippen LogP contribution is -2.26. The Morgan fingerprint density at radius 1 is 1.50 bits per heavy atom. The Kier molecular flexibility index (Phi) is 5.18. The topological polar surface area (TPSA) is 58.6 Å². The predicted molar refractivity (Wildman–Crippen MR) is 78.4 cm³/mol. The summed E-state index contributed by atoms with van der Waals surface area (Å²) in [6.07, 6.45) is 5.73. The van der Waals surface area contributed by atoms with Crippen LogP contribution in [0.25, 0.3) is 6.08 Å². The molecule has 1 amide bonds. The van der Waals surface area contributed by atoms with E-state index in [-0.39, 0.29) is 12.0 Å². The molecule has 2 unspecified atom stereocenters. The number of nitrogens with one attached hydrogen (secondary N) is 1. The summed E-state index contributed by atoms with van der Waals surface area (Å²) >= 11 is 0. The Morgan fingerprint density at radius 3 is 3.05 bits per heavy atom. The summed E-state index contributed by atoms with van der Waals surface area (Å²) in [5.41, 5.74) is 0.927. The number of hydrogen-bond donors (Lipinski definition) is 2. The SMILES string of the molecule is COc1cccc(/C=C/C(=O)NCC2CCC(O)C2)c1. The van der Waals surface area contributed by atoms with Crippen LogP contribution in [0.1, 0.15) is 24.8 Å². The normalized spacial score (nSPS) is 22.1. The van der Waals surface area contributed by atoms with Gasteiger partial charge in [0.1, 0.15) is 5.75 Å². The third-order valence-electron chi connectivity index (χ3n) is 3.60. The Morgan fingerprint density at radius 2 is 2.35 bits per heavy atom. The van der Waals surface area contributed by atoms with E-state index in [1.165, 1.54) is 6.08 Å². The Hall–Kier alpha value is -1.81. The van der Waals surface area contributed by atoms with E-state index in [9.17, 15) is 9.90 Å². The Balaban J connectivity index is 1.79. The fraction of sp³-hybridized carbons (Fsp3) is 0.438. The number of rotatable bonds is 5. The number of carbonyl (C=O) groups is 1. The summed E-state index contributed by atoms with van der Waals surface area (Å²) in [5.74, 6) is 1.07. The first-order valence-corrected chi connectivity index (χ1v) is 6.95. The second kappa shape index (κ2) is 7.10. The monoisotopic (exact) mass is 275 g/mol. The third kappa shape index (κ3) is 4.38. The van der Waals surface area contributed by atoms with Gasteiger partial charge < -0.3 is 15.2 Å². The van der Waals surface area contributed by atoms with E-state index in [0.29, 0.717) is 12.5 Å². The molecule has 1 saturated carbocycles. The number of carbonyl (C=O) groups excluding carboxylic acids is 1. The van der Waals surface area contributed by atoms with Crippen LogP contribution in [-0.4, -0.2) is 30.8 Å². The molecule has 108 valence electrons. The van der Waals surface area contributed by atoms with Crippen molar-refractivity contribution in [3.8, 4) is 5.75 Å². The summed E-state index contributed by atoms with van der Waals surface area (Å²) in [4.78, 5) is 11.7. The van der Waals surface area contributed by atoms with Crippen LogP contribution in [0.4, 0.5) is 0 Å². The molecule has 0 spiro atoms. The zero-order valence-corrected chi connectivity index (χ0v) is 11.7. The fourth-order valence-electron chi connectivity index (χ4n) is 2.45. The first-order chi connectivity index (χ1) is 9.67. The first-order valence-electron chi connectivity index (χ1n) is 6.95. The molecule has 0 saturated heterocycles. The van der Waals surface area contributed by atoms with Crippen molar-refractivity contribution in [2.45, 2.75) is 25.4 Å².